The number of para-hydroxylation sites is 1. The molecule has 1 fully saturated rings. The molecule has 3 rings (SSSR count). The molecular weight excluding hydrogens is 364 g/mol. The molecule has 0 aromatic heterocycles. The summed E-state index contributed by atoms with van der Waals surface area (Å²) >= 11 is 6.09. The first-order valence-corrected chi connectivity index (χ1v) is 9.54. The van der Waals surface area contributed by atoms with E-state index in [4.69, 9.17) is 21.1 Å². The predicted octanol–water partition coefficient (Wildman–Crippen LogP) is 3.11. The Morgan fingerprint density at radius 2 is 1.85 bits per heavy atom. The Bertz CT molecular complexity index is 761. The molecule has 0 spiro atoms. The number of carbonyl (C=O) groups is 1. The van der Waals surface area contributed by atoms with Crippen LogP contribution in [0.15, 0.2) is 48.5 Å². The zero-order valence-corrected chi connectivity index (χ0v) is 16.3. The second-order valence-electron chi connectivity index (χ2n) is 6.53. The van der Waals surface area contributed by atoms with Crippen LogP contribution in [-0.2, 0) is 11.2 Å². The average Bonchev–Trinajstić information content (AvgIpc) is 2.70. The van der Waals surface area contributed by atoms with E-state index in [0.29, 0.717) is 23.8 Å². The van der Waals surface area contributed by atoms with Crippen molar-refractivity contribution in [3.8, 4) is 11.5 Å². The van der Waals surface area contributed by atoms with Gasteiger partial charge in [0.1, 0.15) is 18.1 Å². The summed E-state index contributed by atoms with van der Waals surface area (Å²) in [6, 6.07) is 15.2. The number of halogens is 1. The van der Waals surface area contributed by atoms with E-state index >= 15 is 0 Å². The maximum absolute atomic E-state index is 12.5. The number of nitrogens with zero attached hydrogens (tertiary/aromatic N) is 2. The number of methoxy groups -OCH3 is 1. The molecule has 2 aromatic carbocycles. The van der Waals surface area contributed by atoms with E-state index in [2.05, 4.69) is 4.90 Å². The molecule has 0 N–H and O–H groups in total. The van der Waals surface area contributed by atoms with E-state index in [1.165, 1.54) is 0 Å². The van der Waals surface area contributed by atoms with E-state index in [1.807, 2.05) is 53.4 Å². The molecule has 1 aliphatic heterocycles. The first-order valence-electron chi connectivity index (χ1n) is 9.16. The molecule has 1 heterocycles. The number of piperazine rings is 1. The van der Waals surface area contributed by atoms with Crippen LogP contribution in [0.25, 0.3) is 0 Å². The Balaban J connectivity index is 1.40. The maximum Gasteiger partial charge on any atom is 0.227 e. The van der Waals surface area contributed by atoms with Crippen molar-refractivity contribution in [2.75, 3.05) is 46.4 Å². The first-order chi connectivity index (χ1) is 13.2. The molecule has 1 amide bonds. The van der Waals surface area contributed by atoms with Gasteiger partial charge in [-0.15, -0.1) is 0 Å². The number of hydrogen-bond acceptors (Lipinski definition) is 4. The van der Waals surface area contributed by atoms with Gasteiger partial charge in [-0.2, -0.15) is 0 Å². The highest BCUT2D eigenvalue weighted by Crippen LogP contribution is 2.23. The summed E-state index contributed by atoms with van der Waals surface area (Å²) < 4.78 is 11.0. The lowest BCUT2D eigenvalue weighted by Crippen LogP contribution is -2.49. The SMILES string of the molecule is COc1cccc(CC(=O)N2CCN(CCOc3ccccc3Cl)CC2)c1. The van der Waals surface area contributed by atoms with Gasteiger partial charge >= 0.3 is 0 Å². The van der Waals surface area contributed by atoms with E-state index in [9.17, 15) is 4.79 Å². The van der Waals surface area contributed by atoms with Crippen LogP contribution in [0.5, 0.6) is 11.5 Å². The molecule has 27 heavy (non-hydrogen) atoms. The van der Waals surface area contributed by atoms with Crippen LogP contribution >= 0.6 is 11.6 Å². The Hall–Kier alpha value is -2.24. The van der Waals surface area contributed by atoms with Crippen LogP contribution in [-0.4, -0.2) is 62.1 Å². The molecule has 144 valence electrons. The van der Waals surface area contributed by atoms with Crippen molar-refractivity contribution in [1.29, 1.82) is 0 Å². The van der Waals surface area contributed by atoms with Gasteiger partial charge in [0.2, 0.25) is 5.91 Å². The summed E-state index contributed by atoms with van der Waals surface area (Å²) in [7, 11) is 1.63. The van der Waals surface area contributed by atoms with Crippen molar-refractivity contribution >= 4 is 17.5 Å². The van der Waals surface area contributed by atoms with Crippen LogP contribution in [0.4, 0.5) is 0 Å². The lowest BCUT2D eigenvalue weighted by Gasteiger charge is -2.34. The van der Waals surface area contributed by atoms with Crippen molar-refractivity contribution < 1.29 is 14.3 Å². The molecule has 0 aliphatic carbocycles. The summed E-state index contributed by atoms with van der Waals surface area (Å²) in [5.74, 6) is 1.66. The summed E-state index contributed by atoms with van der Waals surface area (Å²) in [6.07, 6.45) is 0.410. The topological polar surface area (TPSA) is 42.0 Å². The number of ether oxygens (including phenoxy) is 2. The fraction of sp³-hybridized carbons (Fsp3) is 0.381. The van der Waals surface area contributed by atoms with Crippen LogP contribution in [0.3, 0.4) is 0 Å². The fourth-order valence-electron chi connectivity index (χ4n) is 3.14. The maximum atomic E-state index is 12.5. The molecule has 6 heteroatoms. The minimum Gasteiger partial charge on any atom is -0.497 e. The first kappa shape index (κ1) is 19.5. The van der Waals surface area contributed by atoms with E-state index in [0.717, 1.165) is 44.0 Å². The van der Waals surface area contributed by atoms with Gasteiger partial charge in [0.25, 0.3) is 0 Å². The zero-order valence-electron chi connectivity index (χ0n) is 15.6. The summed E-state index contributed by atoms with van der Waals surface area (Å²) in [5.41, 5.74) is 0.981. The zero-order chi connectivity index (χ0) is 19.1. The van der Waals surface area contributed by atoms with Gasteiger partial charge in [-0.1, -0.05) is 35.9 Å². The van der Waals surface area contributed by atoms with Gasteiger partial charge in [0.05, 0.1) is 18.6 Å². The van der Waals surface area contributed by atoms with E-state index < -0.39 is 0 Å². The quantitative estimate of drug-likeness (QED) is 0.730. The van der Waals surface area contributed by atoms with Gasteiger partial charge in [-0.05, 0) is 29.8 Å². The van der Waals surface area contributed by atoms with Crippen molar-refractivity contribution in [2.45, 2.75) is 6.42 Å². The van der Waals surface area contributed by atoms with Crippen molar-refractivity contribution in [3.05, 3.63) is 59.1 Å². The third kappa shape index (κ3) is 5.62. The van der Waals surface area contributed by atoms with Crippen LogP contribution in [0.1, 0.15) is 5.56 Å². The molecule has 1 aliphatic rings. The Morgan fingerprint density at radius 1 is 1.07 bits per heavy atom. The van der Waals surface area contributed by atoms with Gasteiger partial charge in [0.15, 0.2) is 0 Å². The molecule has 0 atom stereocenters. The third-order valence-corrected chi connectivity index (χ3v) is 5.03. The molecule has 0 radical (unpaired) electrons. The van der Waals surface area contributed by atoms with Gasteiger partial charge in [-0.25, -0.2) is 0 Å². The number of amides is 1. The number of benzene rings is 2. The number of carbonyl (C=O) groups excluding carboxylic acids is 1. The van der Waals surface area contributed by atoms with Gasteiger partial charge in [-0.3, -0.25) is 9.69 Å². The molecule has 0 unspecified atom stereocenters. The lowest BCUT2D eigenvalue weighted by molar-refractivity contribution is -0.132. The lowest BCUT2D eigenvalue weighted by atomic mass is 10.1. The molecule has 0 saturated carbocycles. The predicted molar refractivity (Wildman–Crippen MR) is 107 cm³/mol. The second-order valence-corrected chi connectivity index (χ2v) is 6.94. The molecule has 0 bridgehead atoms. The molecule has 5 nitrogen and oxygen atoms in total. The minimum atomic E-state index is 0.162. The highest BCUT2D eigenvalue weighted by molar-refractivity contribution is 6.32. The van der Waals surface area contributed by atoms with E-state index in [1.54, 1.807) is 7.11 Å². The van der Waals surface area contributed by atoms with Crippen LogP contribution in [0.2, 0.25) is 5.02 Å². The van der Waals surface area contributed by atoms with Crippen molar-refractivity contribution in [2.24, 2.45) is 0 Å². The Kier molecular flexibility index (Phi) is 6.96. The molecular formula is C21H25ClN2O3. The highest BCUT2D eigenvalue weighted by Gasteiger charge is 2.21. The number of hydrogen-bond donors (Lipinski definition) is 0. The van der Waals surface area contributed by atoms with Crippen LogP contribution < -0.4 is 9.47 Å². The Morgan fingerprint density at radius 3 is 2.59 bits per heavy atom. The Labute approximate surface area is 165 Å². The summed E-state index contributed by atoms with van der Waals surface area (Å²) in [5, 5.41) is 0.630. The monoisotopic (exact) mass is 388 g/mol. The normalized spacial score (nSPS) is 14.8. The third-order valence-electron chi connectivity index (χ3n) is 4.72. The fourth-order valence-corrected chi connectivity index (χ4v) is 3.33. The molecule has 2 aromatic rings. The average molecular weight is 389 g/mol. The minimum absolute atomic E-state index is 0.162. The smallest absolute Gasteiger partial charge is 0.227 e. The van der Waals surface area contributed by atoms with E-state index in [-0.39, 0.29) is 5.91 Å². The second kappa shape index (κ2) is 9.62. The molecule has 1 saturated heterocycles. The summed E-state index contributed by atoms with van der Waals surface area (Å²) in [4.78, 5) is 16.8. The van der Waals surface area contributed by atoms with Crippen LogP contribution in [0, 0.1) is 0 Å². The van der Waals surface area contributed by atoms with Gasteiger partial charge in [0, 0.05) is 32.7 Å². The van der Waals surface area contributed by atoms with Crippen molar-refractivity contribution in [1.82, 2.24) is 9.80 Å². The van der Waals surface area contributed by atoms with Crippen molar-refractivity contribution in [3.63, 3.8) is 0 Å². The largest absolute Gasteiger partial charge is 0.497 e. The number of rotatable bonds is 7. The standard InChI is InChI=1S/C21H25ClN2O3/c1-26-18-6-4-5-17(15-18)16-21(25)24-11-9-23(10-12-24)13-14-27-20-8-3-2-7-19(20)22/h2-8,15H,9-14,16H2,1H3. The highest BCUT2D eigenvalue weighted by atomic mass is 35.5. The van der Waals surface area contributed by atoms with Gasteiger partial charge < -0.3 is 14.4 Å². The summed E-state index contributed by atoms with van der Waals surface area (Å²) in [6.45, 7) is 4.61.